The van der Waals surface area contributed by atoms with E-state index in [1.807, 2.05) is 19.9 Å². The molecule has 5 N–H and O–H groups in total. The Bertz CT molecular complexity index is 2230. The van der Waals surface area contributed by atoms with Crippen LogP contribution in [0, 0.1) is 61.2 Å². The molecular formula is C55H80N4O6. The van der Waals surface area contributed by atoms with Crippen LogP contribution >= 0.6 is 0 Å². The van der Waals surface area contributed by atoms with Gasteiger partial charge in [0.15, 0.2) is 5.78 Å². The molecule has 2 fully saturated rings. The summed E-state index contributed by atoms with van der Waals surface area (Å²) in [6, 6.07) is 0. The van der Waals surface area contributed by atoms with Crippen LogP contribution in [0.2, 0.25) is 0 Å². The number of aromatic amines is 2. The van der Waals surface area contributed by atoms with Crippen LogP contribution in [0.5, 0.6) is 0 Å². The van der Waals surface area contributed by atoms with Crippen LogP contribution in [0.3, 0.4) is 0 Å². The number of methoxy groups -OCH3 is 1. The minimum atomic E-state index is -1.16. The molecule has 5 heterocycles. The maximum absolute atomic E-state index is 14.4. The lowest BCUT2D eigenvalue weighted by Crippen LogP contribution is -2.25. The van der Waals surface area contributed by atoms with Crippen LogP contribution in [0.4, 0.5) is 0 Å². The Morgan fingerprint density at radius 3 is 2.03 bits per heavy atom. The normalized spacial score (nSPS) is 26.4. The second-order valence-corrected chi connectivity index (χ2v) is 20.6. The number of hydrogen-bond acceptors (Lipinski definition) is 8. The molecule has 1 unspecified atom stereocenters. The zero-order chi connectivity index (χ0) is 47.3. The third-order valence-corrected chi connectivity index (χ3v) is 15.2. The zero-order valence-electron chi connectivity index (χ0n) is 41.7. The molecule has 0 aromatic carbocycles. The molecule has 0 saturated carbocycles. The average molecular weight is 893 g/mol. The highest BCUT2D eigenvalue weighted by atomic mass is 16.5. The van der Waals surface area contributed by atoms with Crippen molar-refractivity contribution in [3.63, 3.8) is 0 Å². The molecule has 6 rings (SSSR count). The van der Waals surface area contributed by atoms with Gasteiger partial charge in [-0.25, -0.2) is 0 Å². The summed E-state index contributed by atoms with van der Waals surface area (Å²) in [5.74, 6) is -0.0117. The lowest BCUT2D eigenvalue weighted by molar-refractivity contribution is -0.143. The molecule has 10 nitrogen and oxygen atoms in total. The standard InChI is InChI=1S/C55H80N4O6/c1-13-39-34(7)41-29-46-48(38(11)60)36(9)43(57-46)27-42-35(8)40(52(58-42)50-51(55(63)64-12)54(62)49-37(10)44(59-53(49)50)28-45(39)56-41)23-24-47(61)65-26-25-33(6)22-16-21-32(5)20-15-19-31(4)18-14-17-30(2)3/h25,27-32,34-35,38-40,51,56-60H,13-24,26H2,1-12H3/b33-25+,41-29-,42-27-,45-28-,52-50-/t31-,32-,34-,35+,38?,39-,40+,51-/m1/s1. The zero-order valence-corrected chi connectivity index (χ0v) is 41.7. The summed E-state index contributed by atoms with van der Waals surface area (Å²) < 4.78 is 11.1. The molecule has 0 amide bonds. The van der Waals surface area contributed by atoms with Crippen molar-refractivity contribution in [1.82, 2.24) is 20.6 Å². The fourth-order valence-corrected chi connectivity index (χ4v) is 11.1. The highest BCUT2D eigenvalue weighted by Crippen LogP contribution is 2.49. The van der Waals surface area contributed by atoms with E-state index in [2.05, 4.69) is 94.2 Å². The number of ketones is 1. The van der Waals surface area contributed by atoms with Crippen LogP contribution in [-0.2, 0) is 19.1 Å². The Morgan fingerprint density at radius 1 is 0.785 bits per heavy atom. The summed E-state index contributed by atoms with van der Waals surface area (Å²) in [4.78, 5) is 48.8. The van der Waals surface area contributed by atoms with Crippen molar-refractivity contribution in [3.8, 4) is 0 Å². The molecule has 2 aromatic rings. The van der Waals surface area contributed by atoms with Crippen LogP contribution in [0.1, 0.15) is 195 Å². The van der Waals surface area contributed by atoms with Crippen LogP contribution in [0.15, 0.2) is 34.4 Å². The summed E-state index contributed by atoms with van der Waals surface area (Å²) >= 11 is 0. The third kappa shape index (κ3) is 11.2. The van der Waals surface area contributed by atoms with E-state index in [1.165, 1.54) is 57.6 Å². The SMILES string of the molecule is CC[C@H]1/C2=C/c3[nH]c4c(c3C)C(=O)[C@H](C(=O)OC)/C4=C3/N/C(=C\c4[nH]c(c(C(C)O)c4C)/C=C(\N2)[C@@H]1C)[C@@H](C)[C@@H]3CCC(=O)OC/C=C(\C)CCC[C@H](C)CCC[C@H](C)CCCC(C)C. The van der Waals surface area contributed by atoms with E-state index in [4.69, 9.17) is 9.47 Å². The minimum Gasteiger partial charge on any atom is -0.468 e. The second kappa shape index (κ2) is 21.8. The summed E-state index contributed by atoms with van der Waals surface area (Å²) in [6.45, 7) is 24.0. The Hall–Kier alpha value is -4.57. The Balaban J connectivity index is 1.21. The van der Waals surface area contributed by atoms with E-state index < -0.39 is 18.0 Å². The van der Waals surface area contributed by atoms with Crippen molar-refractivity contribution in [2.45, 2.75) is 159 Å². The number of esters is 2. The fraction of sp³-hybridized carbons (Fsp3) is 0.618. The molecule has 2 aromatic heterocycles. The molecule has 8 bridgehead atoms. The molecule has 356 valence electrons. The van der Waals surface area contributed by atoms with E-state index in [0.29, 0.717) is 29.2 Å². The van der Waals surface area contributed by atoms with Gasteiger partial charge in [-0.3, -0.25) is 14.4 Å². The van der Waals surface area contributed by atoms with E-state index in [1.54, 1.807) is 6.92 Å². The third-order valence-electron chi connectivity index (χ3n) is 15.2. The van der Waals surface area contributed by atoms with Gasteiger partial charge in [0.2, 0.25) is 0 Å². The van der Waals surface area contributed by atoms with Gasteiger partial charge in [-0.15, -0.1) is 0 Å². The summed E-state index contributed by atoms with van der Waals surface area (Å²) in [5, 5.41) is 18.5. The van der Waals surface area contributed by atoms with E-state index in [0.717, 1.165) is 87.7 Å². The van der Waals surface area contributed by atoms with Crippen molar-refractivity contribution in [3.05, 3.63) is 79.5 Å². The topological polar surface area (TPSA) is 146 Å². The molecule has 4 aliphatic rings. The summed E-state index contributed by atoms with van der Waals surface area (Å²) in [5.41, 5.74) is 11.7. The lowest BCUT2D eigenvalue weighted by Gasteiger charge is -2.19. The van der Waals surface area contributed by atoms with Crippen molar-refractivity contribution in [1.29, 1.82) is 0 Å². The lowest BCUT2D eigenvalue weighted by atomic mass is 9.85. The fourth-order valence-electron chi connectivity index (χ4n) is 11.1. The van der Waals surface area contributed by atoms with Crippen molar-refractivity contribution >= 4 is 41.5 Å². The van der Waals surface area contributed by atoms with Gasteiger partial charge in [0, 0.05) is 86.7 Å². The number of hydrogen-bond donors (Lipinski definition) is 5. The number of carbonyl (C=O) groups excluding carboxylic acids is 3. The maximum atomic E-state index is 14.4. The Kier molecular flexibility index (Phi) is 16.7. The van der Waals surface area contributed by atoms with Gasteiger partial charge >= 0.3 is 11.9 Å². The molecule has 0 spiro atoms. The number of aromatic nitrogens is 2. The Morgan fingerprint density at radius 2 is 1.38 bits per heavy atom. The number of aliphatic hydroxyl groups excluding tert-OH is 1. The number of nitrogens with one attached hydrogen (secondary N) is 4. The van der Waals surface area contributed by atoms with Gasteiger partial charge in [0.1, 0.15) is 12.5 Å². The monoisotopic (exact) mass is 893 g/mol. The average Bonchev–Trinajstić information content (AvgIpc) is 4.00. The number of carbonyl (C=O) groups is 3. The van der Waals surface area contributed by atoms with E-state index >= 15 is 0 Å². The molecule has 1 aliphatic carbocycles. The molecule has 0 radical (unpaired) electrons. The van der Waals surface area contributed by atoms with Gasteiger partial charge in [-0.05, 0) is 107 Å². The number of ether oxygens (including phenoxy) is 2. The first kappa shape index (κ1) is 49.9. The van der Waals surface area contributed by atoms with Crippen molar-refractivity contribution in [2.24, 2.45) is 47.3 Å². The Labute approximate surface area is 389 Å². The number of Topliss-reactive ketones (excluding diaryl/α,β-unsaturated/α-hetero) is 1. The predicted molar refractivity (Wildman–Crippen MR) is 263 cm³/mol. The van der Waals surface area contributed by atoms with E-state index in [9.17, 15) is 19.5 Å². The largest absolute Gasteiger partial charge is 0.468 e. The molecule has 65 heavy (non-hydrogen) atoms. The molecule has 10 heteroatoms. The van der Waals surface area contributed by atoms with Crippen molar-refractivity contribution in [2.75, 3.05) is 13.7 Å². The molecule has 2 saturated heterocycles. The molecular weight excluding hydrogens is 813 g/mol. The predicted octanol–water partition coefficient (Wildman–Crippen LogP) is 12.3. The van der Waals surface area contributed by atoms with Crippen LogP contribution in [-0.4, -0.2) is 46.5 Å². The first-order valence-electron chi connectivity index (χ1n) is 24.9. The van der Waals surface area contributed by atoms with Crippen LogP contribution in [0.25, 0.3) is 23.8 Å². The van der Waals surface area contributed by atoms with E-state index in [-0.39, 0.29) is 48.5 Å². The van der Waals surface area contributed by atoms with Crippen molar-refractivity contribution < 1.29 is 29.0 Å². The number of rotatable bonds is 20. The van der Waals surface area contributed by atoms with Gasteiger partial charge in [0.05, 0.1) is 18.9 Å². The minimum absolute atomic E-state index is 0.124. The second-order valence-electron chi connectivity index (χ2n) is 20.6. The smallest absolute Gasteiger partial charge is 0.321 e. The highest BCUT2D eigenvalue weighted by Gasteiger charge is 2.49. The molecule has 3 aliphatic heterocycles. The first-order valence-corrected chi connectivity index (χ1v) is 24.9. The maximum Gasteiger partial charge on any atom is 0.321 e. The number of H-pyrrole nitrogens is 2. The number of allylic oxidation sites excluding steroid dienone is 5. The summed E-state index contributed by atoms with van der Waals surface area (Å²) in [7, 11) is 1.32. The quantitative estimate of drug-likeness (QED) is 0.0502. The summed E-state index contributed by atoms with van der Waals surface area (Å²) in [6.07, 6.45) is 20.4. The van der Waals surface area contributed by atoms with Gasteiger partial charge in [0.25, 0.3) is 0 Å². The first-order chi connectivity index (χ1) is 30.9. The van der Waals surface area contributed by atoms with Gasteiger partial charge < -0.3 is 35.2 Å². The van der Waals surface area contributed by atoms with Gasteiger partial charge in [-0.2, -0.15) is 0 Å². The number of aliphatic hydroxyl groups is 1. The number of fused-ring (bicyclic) bond motifs is 7. The molecule has 8 atom stereocenters. The van der Waals surface area contributed by atoms with Gasteiger partial charge in [-0.1, -0.05) is 99.0 Å². The van der Waals surface area contributed by atoms with Crippen LogP contribution < -0.4 is 10.6 Å². The highest BCUT2D eigenvalue weighted by molar-refractivity contribution is 6.24.